The Balaban J connectivity index is 0.00000324. The molecule has 0 atom stereocenters. The number of ether oxygens (including phenoxy) is 3. The van der Waals surface area contributed by atoms with Crippen molar-refractivity contribution in [1.82, 2.24) is 20.3 Å². The first-order valence-electron chi connectivity index (χ1n) is 10.9. The summed E-state index contributed by atoms with van der Waals surface area (Å²) in [5, 5.41) is 6.47. The molecule has 10 heteroatoms. The van der Waals surface area contributed by atoms with E-state index >= 15 is 0 Å². The number of carbonyl (C=O) groups excluding carboxylic acids is 1. The monoisotopic (exact) mass is 485 g/mol. The van der Waals surface area contributed by atoms with Gasteiger partial charge >= 0.3 is 0 Å². The van der Waals surface area contributed by atoms with Gasteiger partial charge in [0.15, 0.2) is 0 Å². The Morgan fingerprint density at radius 2 is 1.56 bits per heavy atom. The van der Waals surface area contributed by atoms with Crippen LogP contribution in [-0.4, -0.2) is 47.2 Å². The van der Waals surface area contributed by atoms with Crippen LogP contribution in [0.3, 0.4) is 0 Å². The van der Waals surface area contributed by atoms with Crippen molar-refractivity contribution in [2.75, 3.05) is 19.5 Å². The molecular weight excluding hydrogens is 458 g/mol. The second kappa shape index (κ2) is 12.0. The first-order valence-corrected chi connectivity index (χ1v) is 10.9. The Labute approximate surface area is 204 Å². The normalized spacial score (nSPS) is 17.1. The topological polar surface area (TPSA) is 107 Å². The Morgan fingerprint density at radius 3 is 2.21 bits per heavy atom. The Kier molecular flexibility index (Phi) is 8.86. The number of pyridine rings is 1. The lowest BCUT2D eigenvalue weighted by molar-refractivity contribution is 0.0923. The summed E-state index contributed by atoms with van der Waals surface area (Å²) in [6.45, 7) is 0. The van der Waals surface area contributed by atoms with Crippen LogP contribution in [0.1, 0.15) is 36.0 Å². The van der Waals surface area contributed by atoms with Crippen LogP contribution in [0, 0.1) is 0 Å². The summed E-state index contributed by atoms with van der Waals surface area (Å²) >= 11 is 0. The third-order valence-electron chi connectivity index (χ3n) is 5.47. The zero-order valence-electron chi connectivity index (χ0n) is 19.1. The number of anilines is 1. The molecule has 0 spiro atoms. The van der Waals surface area contributed by atoms with Crippen LogP contribution in [-0.2, 0) is 0 Å². The Hall–Kier alpha value is -3.59. The fraction of sp³-hybridized carbons (Fsp3) is 0.333. The van der Waals surface area contributed by atoms with Gasteiger partial charge in [0, 0.05) is 18.3 Å². The van der Waals surface area contributed by atoms with E-state index in [1.165, 1.54) is 0 Å². The van der Waals surface area contributed by atoms with E-state index in [2.05, 4.69) is 25.6 Å². The molecule has 0 bridgehead atoms. The van der Waals surface area contributed by atoms with Gasteiger partial charge in [-0.25, -0.2) is 4.98 Å². The number of halogens is 1. The molecule has 0 saturated heterocycles. The van der Waals surface area contributed by atoms with Gasteiger partial charge < -0.3 is 24.8 Å². The molecule has 180 valence electrons. The van der Waals surface area contributed by atoms with Gasteiger partial charge in [-0.2, -0.15) is 9.97 Å². The van der Waals surface area contributed by atoms with Crippen LogP contribution < -0.4 is 24.8 Å². The minimum absolute atomic E-state index is 0. The number of aromatic nitrogens is 3. The molecule has 34 heavy (non-hydrogen) atoms. The maximum Gasteiger partial charge on any atom is 0.257 e. The van der Waals surface area contributed by atoms with Crippen LogP contribution in [0.5, 0.6) is 23.4 Å². The molecule has 2 heterocycles. The average Bonchev–Trinajstić information content (AvgIpc) is 2.86. The number of hydrogen-bond acceptors (Lipinski definition) is 8. The largest absolute Gasteiger partial charge is 0.481 e. The van der Waals surface area contributed by atoms with E-state index < -0.39 is 0 Å². The van der Waals surface area contributed by atoms with Crippen molar-refractivity contribution in [2.45, 2.75) is 37.8 Å². The van der Waals surface area contributed by atoms with Crippen LogP contribution in [0.15, 0.2) is 54.7 Å². The van der Waals surface area contributed by atoms with Gasteiger partial charge in [-0.3, -0.25) is 4.79 Å². The zero-order valence-corrected chi connectivity index (χ0v) is 19.9. The summed E-state index contributed by atoms with van der Waals surface area (Å²) in [5.41, 5.74) is 0.415. The van der Waals surface area contributed by atoms with Crippen molar-refractivity contribution in [2.24, 2.45) is 0 Å². The molecule has 1 saturated carbocycles. The van der Waals surface area contributed by atoms with E-state index in [1.807, 2.05) is 30.3 Å². The summed E-state index contributed by atoms with van der Waals surface area (Å²) in [4.78, 5) is 25.9. The number of carbonyl (C=O) groups is 1. The third-order valence-corrected chi connectivity index (χ3v) is 5.47. The fourth-order valence-electron chi connectivity index (χ4n) is 3.75. The zero-order chi connectivity index (χ0) is 23.0. The number of nitrogens with one attached hydrogen (secondary N) is 2. The first-order chi connectivity index (χ1) is 16.1. The standard InChI is InChI=1S/C24H27N5O4.ClH/c1-31-20-15-21(32-2)29-24(28-20)27-17-12-10-16(11-13-17)26-22(30)19-9-6-14-25-23(19)33-18-7-4-3-5-8-18;/h3-9,14-17H,10-13H2,1-2H3,(H,26,30)(H,27,28,29);1H. The molecule has 2 aromatic heterocycles. The summed E-state index contributed by atoms with van der Waals surface area (Å²) in [5.74, 6) is 2.09. The molecule has 1 aliphatic rings. The molecule has 3 aromatic rings. The van der Waals surface area contributed by atoms with Gasteiger partial charge in [-0.15, -0.1) is 12.4 Å². The molecule has 1 fully saturated rings. The van der Waals surface area contributed by atoms with Gasteiger partial charge in [0.2, 0.25) is 23.6 Å². The van der Waals surface area contributed by atoms with Crippen molar-refractivity contribution < 1.29 is 19.0 Å². The molecule has 0 radical (unpaired) electrons. The van der Waals surface area contributed by atoms with Gasteiger partial charge in [0.1, 0.15) is 11.3 Å². The summed E-state index contributed by atoms with van der Waals surface area (Å²) in [6, 6.07) is 14.7. The number of nitrogens with zero attached hydrogens (tertiary/aromatic N) is 3. The number of amides is 1. The Bertz CT molecular complexity index is 1060. The smallest absolute Gasteiger partial charge is 0.257 e. The van der Waals surface area contributed by atoms with E-state index in [0.717, 1.165) is 25.7 Å². The van der Waals surface area contributed by atoms with E-state index in [0.29, 0.717) is 34.9 Å². The SMILES string of the molecule is COc1cc(OC)nc(NC2CCC(NC(=O)c3cccnc3Oc3ccccc3)CC2)n1.Cl. The highest BCUT2D eigenvalue weighted by Gasteiger charge is 2.25. The minimum Gasteiger partial charge on any atom is -0.481 e. The highest BCUT2D eigenvalue weighted by atomic mass is 35.5. The molecule has 2 N–H and O–H groups in total. The maximum absolute atomic E-state index is 12.9. The lowest BCUT2D eigenvalue weighted by atomic mass is 9.91. The summed E-state index contributed by atoms with van der Waals surface area (Å²) in [6.07, 6.45) is 5.02. The number of benzene rings is 1. The molecule has 1 amide bonds. The van der Waals surface area contributed by atoms with Crippen LogP contribution in [0.25, 0.3) is 0 Å². The molecule has 9 nitrogen and oxygen atoms in total. The van der Waals surface area contributed by atoms with Gasteiger partial charge in [-0.05, 0) is 49.9 Å². The van der Waals surface area contributed by atoms with Gasteiger partial charge in [0.05, 0.1) is 20.3 Å². The van der Waals surface area contributed by atoms with Crippen LogP contribution in [0.2, 0.25) is 0 Å². The van der Waals surface area contributed by atoms with Crippen molar-refractivity contribution in [1.29, 1.82) is 0 Å². The van der Waals surface area contributed by atoms with Crippen molar-refractivity contribution in [3.63, 3.8) is 0 Å². The molecule has 0 unspecified atom stereocenters. The number of para-hydroxylation sites is 1. The minimum atomic E-state index is -0.189. The van der Waals surface area contributed by atoms with Crippen LogP contribution >= 0.6 is 12.4 Å². The van der Waals surface area contributed by atoms with Crippen molar-refractivity contribution in [3.8, 4) is 23.4 Å². The second-order valence-corrected chi connectivity index (χ2v) is 7.71. The molecule has 4 rings (SSSR count). The third kappa shape index (κ3) is 6.48. The maximum atomic E-state index is 12.9. The van der Waals surface area contributed by atoms with E-state index in [-0.39, 0.29) is 30.4 Å². The van der Waals surface area contributed by atoms with Crippen LogP contribution in [0.4, 0.5) is 5.95 Å². The number of methoxy groups -OCH3 is 2. The average molecular weight is 486 g/mol. The van der Waals surface area contributed by atoms with E-state index in [1.54, 1.807) is 38.6 Å². The van der Waals surface area contributed by atoms with E-state index in [9.17, 15) is 4.79 Å². The second-order valence-electron chi connectivity index (χ2n) is 7.71. The first kappa shape index (κ1) is 25.0. The molecular formula is C24H28ClN5O4. The van der Waals surface area contributed by atoms with Gasteiger partial charge in [-0.1, -0.05) is 18.2 Å². The molecule has 1 aromatic carbocycles. The molecule has 0 aliphatic heterocycles. The lowest BCUT2D eigenvalue weighted by Crippen LogP contribution is -2.40. The number of hydrogen-bond donors (Lipinski definition) is 2. The summed E-state index contributed by atoms with van der Waals surface area (Å²) in [7, 11) is 3.11. The summed E-state index contributed by atoms with van der Waals surface area (Å²) < 4.78 is 16.2. The molecule has 1 aliphatic carbocycles. The predicted octanol–water partition coefficient (Wildman–Crippen LogP) is 4.26. The lowest BCUT2D eigenvalue weighted by Gasteiger charge is -2.29. The predicted molar refractivity (Wildman–Crippen MR) is 130 cm³/mol. The fourth-order valence-corrected chi connectivity index (χ4v) is 3.75. The van der Waals surface area contributed by atoms with Crippen molar-refractivity contribution in [3.05, 3.63) is 60.3 Å². The highest BCUT2D eigenvalue weighted by molar-refractivity contribution is 5.96. The number of rotatable bonds is 8. The Morgan fingerprint density at radius 1 is 0.912 bits per heavy atom. The van der Waals surface area contributed by atoms with Gasteiger partial charge in [0.25, 0.3) is 5.91 Å². The van der Waals surface area contributed by atoms with Crippen molar-refractivity contribution >= 4 is 24.3 Å². The quantitative estimate of drug-likeness (QED) is 0.487. The highest BCUT2D eigenvalue weighted by Crippen LogP contribution is 2.26. The van der Waals surface area contributed by atoms with E-state index in [4.69, 9.17) is 14.2 Å².